The van der Waals surface area contributed by atoms with Crippen LogP contribution in [0.2, 0.25) is 0 Å². The van der Waals surface area contributed by atoms with Crippen molar-refractivity contribution in [3.8, 4) is 0 Å². The zero-order valence-corrected chi connectivity index (χ0v) is 12.9. The Labute approximate surface area is 127 Å². The highest BCUT2D eigenvalue weighted by atomic mass is 16.3. The second-order valence-electron chi connectivity index (χ2n) is 5.74. The number of hydrogen-bond acceptors (Lipinski definition) is 6. The van der Waals surface area contributed by atoms with E-state index in [1.807, 2.05) is 0 Å². The Morgan fingerprint density at radius 2 is 1.10 bits per heavy atom. The van der Waals surface area contributed by atoms with Crippen molar-refractivity contribution in [2.24, 2.45) is 5.92 Å². The van der Waals surface area contributed by atoms with Crippen LogP contribution in [0.3, 0.4) is 0 Å². The summed E-state index contributed by atoms with van der Waals surface area (Å²) in [6, 6.07) is 0. The van der Waals surface area contributed by atoms with Gasteiger partial charge in [-0.1, -0.05) is 12.8 Å². The molecule has 0 spiro atoms. The van der Waals surface area contributed by atoms with Crippen molar-refractivity contribution < 1.29 is 30.6 Å². The molecule has 0 bridgehead atoms. The molecule has 0 rings (SSSR count). The molecule has 6 nitrogen and oxygen atoms in total. The maximum absolute atomic E-state index is 10.2. The van der Waals surface area contributed by atoms with E-state index in [2.05, 4.69) is 0 Å². The molecule has 0 aromatic rings. The lowest BCUT2D eigenvalue weighted by molar-refractivity contribution is -0.101. The molecule has 0 fully saturated rings. The molecule has 128 valence electrons. The smallest absolute Gasteiger partial charge is 0.0873 e. The number of aliphatic hydroxyl groups excluding tert-OH is 6. The van der Waals surface area contributed by atoms with Crippen LogP contribution in [-0.4, -0.2) is 68.3 Å². The molecule has 0 saturated carbocycles. The number of hydrogen-bond donors (Lipinski definition) is 6. The molecule has 0 aliphatic heterocycles. The van der Waals surface area contributed by atoms with Crippen LogP contribution >= 0.6 is 0 Å². The van der Waals surface area contributed by atoms with Gasteiger partial charge in [0.25, 0.3) is 0 Å². The lowest BCUT2D eigenvalue weighted by atomic mass is 9.83. The fourth-order valence-electron chi connectivity index (χ4n) is 2.53. The van der Waals surface area contributed by atoms with E-state index in [1.54, 1.807) is 0 Å². The first kappa shape index (κ1) is 20.8. The highest BCUT2D eigenvalue weighted by Gasteiger charge is 2.35. The fraction of sp³-hybridized carbons (Fsp3) is 1.00. The van der Waals surface area contributed by atoms with E-state index >= 15 is 0 Å². The summed E-state index contributed by atoms with van der Waals surface area (Å²) in [5, 5.41) is 57.4. The third kappa shape index (κ3) is 8.70. The van der Waals surface area contributed by atoms with Gasteiger partial charge < -0.3 is 30.6 Å². The monoisotopic (exact) mass is 308 g/mol. The van der Waals surface area contributed by atoms with Crippen molar-refractivity contribution in [1.82, 2.24) is 0 Å². The van der Waals surface area contributed by atoms with Gasteiger partial charge in [-0.25, -0.2) is 0 Å². The van der Waals surface area contributed by atoms with E-state index < -0.39 is 30.3 Å². The lowest BCUT2D eigenvalue weighted by Gasteiger charge is -2.33. The zero-order valence-electron chi connectivity index (χ0n) is 12.9. The SMILES string of the molecule is CC(O)C(O)C(C(O)CCCCO)C(O)CCCCCO. The van der Waals surface area contributed by atoms with E-state index in [9.17, 15) is 20.4 Å². The summed E-state index contributed by atoms with van der Waals surface area (Å²) in [7, 11) is 0. The van der Waals surface area contributed by atoms with Gasteiger partial charge in [-0.15, -0.1) is 0 Å². The molecule has 0 heterocycles. The Hall–Kier alpha value is -0.240. The van der Waals surface area contributed by atoms with Crippen LogP contribution in [-0.2, 0) is 0 Å². The number of rotatable bonds is 13. The number of unbranched alkanes of at least 4 members (excludes halogenated alkanes) is 3. The standard InChI is InChI=1S/C15H32O6/c1-11(18)15(21)14(13(20)8-4-6-10-17)12(19)7-3-2-5-9-16/h11-21H,2-10H2,1H3. The second kappa shape index (κ2) is 12.3. The largest absolute Gasteiger partial charge is 0.396 e. The van der Waals surface area contributed by atoms with Crippen LogP contribution in [0, 0.1) is 5.92 Å². The van der Waals surface area contributed by atoms with Crippen molar-refractivity contribution in [3.05, 3.63) is 0 Å². The predicted octanol–water partition coefficient (Wildman–Crippen LogP) is -0.219. The minimum absolute atomic E-state index is 0.0417. The van der Waals surface area contributed by atoms with Gasteiger partial charge in [0.2, 0.25) is 0 Å². The van der Waals surface area contributed by atoms with Crippen LogP contribution in [0.1, 0.15) is 51.9 Å². The van der Waals surface area contributed by atoms with Gasteiger partial charge in [-0.2, -0.15) is 0 Å². The molecule has 0 aromatic heterocycles. The Bertz CT molecular complexity index is 236. The average molecular weight is 308 g/mol. The van der Waals surface area contributed by atoms with Crippen molar-refractivity contribution in [1.29, 1.82) is 0 Å². The maximum Gasteiger partial charge on any atom is 0.0873 e. The van der Waals surface area contributed by atoms with Gasteiger partial charge in [-0.05, 0) is 39.0 Å². The first-order chi connectivity index (χ1) is 9.95. The molecule has 0 amide bonds. The van der Waals surface area contributed by atoms with E-state index in [0.29, 0.717) is 38.5 Å². The first-order valence-corrected chi connectivity index (χ1v) is 7.89. The van der Waals surface area contributed by atoms with Gasteiger partial charge in [0, 0.05) is 19.1 Å². The average Bonchev–Trinajstić information content (AvgIpc) is 2.44. The van der Waals surface area contributed by atoms with Gasteiger partial charge in [0.15, 0.2) is 0 Å². The molecule has 6 heteroatoms. The predicted molar refractivity (Wildman–Crippen MR) is 79.7 cm³/mol. The number of aliphatic hydroxyl groups is 6. The van der Waals surface area contributed by atoms with E-state index in [0.717, 1.165) is 6.42 Å². The van der Waals surface area contributed by atoms with E-state index in [1.165, 1.54) is 6.92 Å². The third-order valence-electron chi connectivity index (χ3n) is 3.84. The maximum atomic E-state index is 10.2. The topological polar surface area (TPSA) is 121 Å². The minimum Gasteiger partial charge on any atom is -0.396 e. The van der Waals surface area contributed by atoms with Crippen LogP contribution in [0.4, 0.5) is 0 Å². The quantitative estimate of drug-likeness (QED) is 0.262. The summed E-state index contributed by atoms with van der Waals surface area (Å²) >= 11 is 0. The van der Waals surface area contributed by atoms with Gasteiger partial charge in [-0.3, -0.25) is 0 Å². The molecular weight excluding hydrogens is 276 g/mol. The Kier molecular flexibility index (Phi) is 12.2. The Balaban J connectivity index is 4.48. The van der Waals surface area contributed by atoms with Crippen LogP contribution in [0.25, 0.3) is 0 Å². The molecule has 5 atom stereocenters. The van der Waals surface area contributed by atoms with Crippen molar-refractivity contribution in [2.75, 3.05) is 13.2 Å². The zero-order chi connectivity index (χ0) is 16.3. The molecule has 0 aliphatic rings. The Morgan fingerprint density at radius 3 is 1.52 bits per heavy atom. The minimum atomic E-state index is -1.19. The van der Waals surface area contributed by atoms with E-state index in [-0.39, 0.29) is 13.2 Å². The summed E-state index contributed by atoms with van der Waals surface area (Å²) in [6.45, 7) is 1.58. The van der Waals surface area contributed by atoms with Crippen LogP contribution in [0.5, 0.6) is 0 Å². The summed E-state index contributed by atoms with van der Waals surface area (Å²) in [4.78, 5) is 0. The van der Waals surface area contributed by atoms with Crippen molar-refractivity contribution in [2.45, 2.75) is 76.3 Å². The highest BCUT2D eigenvalue weighted by molar-refractivity contribution is 4.85. The molecule has 6 N–H and O–H groups in total. The first-order valence-electron chi connectivity index (χ1n) is 7.89. The molecule has 21 heavy (non-hydrogen) atoms. The Morgan fingerprint density at radius 1 is 0.667 bits per heavy atom. The lowest BCUT2D eigenvalue weighted by Crippen LogP contribution is -2.45. The third-order valence-corrected chi connectivity index (χ3v) is 3.84. The van der Waals surface area contributed by atoms with Gasteiger partial charge in [0.1, 0.15) is 0 Å². The van der Waals surface area contributed by atoms with Crippen LogP contribution in [0.15, 0.2) is 0 Å². The summed E-state index contributed by atoms with van der Waals surface area (Å²) < 4.78 is 0. The van der Waals surface area contributed by atoms with Crippen molar-refractivity contribution in [3.63, 3.8) is 0 Å². The molecule has 0 aromatic carbocycles. The molecule has 5 unspecified atom stereocenters. The van der Waals surface area contributed by atoms with Crippen molar-refractivity contribution >= 4 is 0 Å². The molecule has 0 saturated heterocycles. The fourth-order valence-corrected chi connectivity index (χ4v) is 2.53. The summed E-state index contributed by atoms with van der Waals surface area (Å²) in [5.74, 6) is -0.808. The summed E-state index contributed by atoms with van der Waals surface area (Å²) in [6.07, 6.45) is -0.00870. The van der Waals surface area contributed by atoms with Gasteiger partial charge in [0.05, 0.1) is 24.4 Å². The summed E-state index contributed by atoms with van der Waals surface area (Å²) in [5.41, 5.74) is 0. The molecule has 0 aliphatic carbocycles. The second-order valence-corrected chi connectivity index (χ2v) is 5.74. The highest BCUT2D eigenvalue weighted by Crippen LogP contribution is 2.24. The normalized spacial score (nSPS) is 19.0. The van der Waals surface area contributed by atoms with Gasteiger partial charge >= 0.3 is 0 Å². The molecular formula is C15H32O6. The van der Waals surface area contributed by atoms with Crippen LogP contribution < -0.4 is 0 Å². The van der Waals surface area contributed by atoms with E-state index in [4.69, 9.17) is 10.2 Å². The molecule has 0 radical (unpaired) electrons.